The van der Waals surface area contributed by atoms with E-state index in [0.29, 0.717) is 6.04 Å². The molecule has 0 spiro atoms. The van der Waals surface area contributed by atoms with Crippen LogP contribution in [0.2, 0.25) is 0 Å². The van der Waals surface area contributed by atoms with Crippen molar-refractivity contribution in [2.24, 2.45) is 5.92 Å². The molecule has 1 aromatic carbocycles. The highest BCUT2D eigenvalue weighted by Crippen LogP contribution is 2.16. The van der Waals surface area contributed by atoms with Crippen molar-refractivity contribution in [2.75, 3.05) is 27.2 Å². The molecule has 0 saturated carbocycles. The number of rotatable bonds is 9. The first-order valence-electron chi connectivity index (χ1n) is 8.05. The molecule has 1 aromatic rings. The van der Waals surface area contributed by atoms with Crippen LogP contribution in [-0.2, 0) is 6.42 Å². The SMILES string of the molecule is CCCc1ccc(C(CN(C)CC(C)CC)NC)cc1. The maximum absolute atomic E-state index is 3.45. The van der Waals surface area contributed by atoms with Crippen LogP contribution in [0.5, 0.6) is 0 Å². The predicted octanol–water partition coefficient (Wildman–Crippen LogP) is 3.88. The predicted molar refractivity (Wildman–Crippen MR) is 89.2 cm³/mol. The van der Waals surface area contributed by atoms with Crippen molar-refractivity contribution in [3.8, 4) is 0 Å². The molecule has 114 valence electrons. The highest BCUT2D eigenvalue weighted by atomic mass is 15.1. The van der Waals surface area contributed by atoms with Crippen molar-refractivity contribution in [3.63, 3.8) is 0 Å². The van der Waals surface area contributed by atoms with Gasteiger partial charge in [-0.3, -0.25) is 0 Å². The van der Waals surface area contributed by atoms with Gasteiger partial charge in [0.2, 0.25) is 0 Å². The van der Waals surface area contributed by atoms with Crippen molar-refractivity contribution in [1.82, 2.24) is 10.2 Å². The lowest BCUT2D eigenvalue weighted by Gasteiger charge is -2.26. The Morgan fingerprint density at radius 3 is 2.25 bits per heavy atom. The molecule has 0 saturated heterocycles. The number of hydrogen-bond donors (Lipinski definition) is 1. The third-order valence-electron chi connectivity index (χ3n) is 4.08. The third-order valence-corrected chi connectivity index (χ3v) is 4.08. The summed E-state index contributed by atoms with van der Waals surface area (Å²) in [7, 11) is 4.28. The summed E-state index contributed by atoms with van der Waals surface area (Å²) < 4.78 is 0. The molecule has 0 fully saturated rings. The van der Waals surface area contributed by atoms with E-state index in [2.05, 4.69) is 69.3 Å². The molecular formula is C18H32N2. The van der Waals surface area contributed by atoms with E-state index in [4.69, 9.17) is 0 Å². The molecule has 2 nitrogen and oxygen atoms in total. The average Bonchev–Trinajstić information content (AvgIpc) is 2.46. The molecule has 0 radical (unpaired) electrons. The maximum Gasteiger partial charge on any atom is 0.0446 e. The second-order valence-corrected chi connectivity index (χ2v) is 6.07. The van der Waals surface area contributed by atoms with E-state index in [9.17, 15) is 0 Å². The van der Waals surface area contributed by atoms with E-state index >= 15 is 0 Å². The van der Waals surface area contributed by atoms with E-state index in [-0.39, 0.29) is 0 Å². The minimum atomic E-state index is 0.416. The van der Waals surface area contributed by atoms with Crippen molar-refractivity contribution in [1.29, 1.82) is 0 Å². The number of nitrogens with zero attached hydrogens (tertiary/aromatic N) is 1. The molecule has 20 heavy (non-hydrogen) atoms. The lowest BCUT2D eigenvalue weighted by atomic mass is 10.0. The molecule has 0 aliphatic heterocycles. The van der Waals surface area contributed by atoms with Gasteiger partial charge in [0.1, 0.15) is 0 Å². The Bertz CT molecular complexity index is 358. The van der Waals surface area contributed by atoms with E-state index < -0.39 is 0 Å². The molecule has 0 bridgehead atoms. The minimum absolute atomic E-state index is 0.416. The summed E-state index contributed by atoms with van der Waals surface area (Å²) in [4.78, 5) is 2.44. The molecule has 0 aliphatic rings. The van der Waals surface area contributed by atoms with Gasteiger partial charge in [-0.1, -0.05) is 57.9 Å². The Hall–Kier alpha value is -0.860. The highest BCUT2D eigenvalue weighted by molar-refractivity contribution is 5.25. The van der Waals surface area contributed by atoms with Gasteiger partial charge < -0.3 is 10.2 Å². The van der Waals surface area contributed by atoms with E-state index in [1.54, 1.807) is 0 Å². The summed E-state index contributed by atoms with van der Waals surface area (Å²) in [5.74, 6) is 0.768. The van der Waals surface area contributed by atoms with Gasteiger partial charge in [0, 0.05) is 19.1 Å². The molecule has 0 heterocycles. The van der Waals surface area contributed by atoms with E-state index in [1.165, 1.54) is 36.9 Å². The van der Waals surface area contributed by atoms with Crippen LogP contribution in [0.25, 0.3) is 0 Å². The summed E-state index contributed by atoms with van der Waals surface area (Å²) in [5.41, 5.74) is 2.84. The Morgan fingerprint density at radius 2 is 1.75 bits per heavy atom. The summed E-state index contributed by atoms with van der Waals surface area (Å²) in [6.07, 6.45) is 3.64. The van der Waals surface area contributed by atoms with Crippen LogP contribution in [-0.4, -0.2) is 32.1 Å². The molecule has 1 rings (SSSR count). The Labute approximate surface area is 125 Å². The van der Waals surface area contributed by atoms with Crippen LogP contribution in [0.4, 0.5) is 0 Å². The smallest absolute Gasteiger partial charge is 0.0446 e. The quantitative estimate of drug-likeness (QED) is 0.736. The van der Waals surface area contributed by atoms with Crippen molar-refractivity contribution in [2.45, 2.75) is 46.1 Å². The molecule has 0 amide bonds. The molecule has 0 aliphatic carbocycles. The zero-order valence-electron chi connectivity index (χ0n) is 13.9. The van der Waals surface area contributed by atoms with Crippen LogP contribution in [0.15, 0.2) is 24.3 Å². The van der Waals surface area contributed by atoms with Gasteiger partial charge in [-0.15, -0.1) is 0 Å². The maximum atomic E-state index is 3.45. The fourth-order valence-electron chi connectivity index (χ4n) is 2.62. The lowest BCUT2D eigenvalue weighted by Crippen LogP contribution is -2.33. The van der Waals surface area contributed by atoms with Crippen LogP contribution < -0.4 is 5.32 Å². The zero-order chi connectivity index (χ0) is 15.0. The first-order valence-corrected chi connectivity index (χ1v) is 8.05. The number of nitrogens with one attached hydrogen (secondary N) is 1. The monoisotopic (exact) mass is 276 g/mol. The molecule has 2 heteroatoms. The summed E-state index contributed by atoms with van der Waals surface area (Å²) in [6.45, 7) is 9.05. The van der Waals surface area contributed by atoms with E-state index in [0.717, 1.165) is 12.5 Å². The second-order valence-electron chi connectivity index (χ2n) is 6.07. The van der Waals surface area contributed by atoms with Gasteiger partial charge in [-0.2, -0.15) is 0 Å². The molecule has 2 atom stereocenters. The third kappa shape index (κ3) is 5.64. The van der Waals surface area contributed by atoms with Gasteiger partial charge in [0.05, 0.1) is 0 Å². The van der Waals surface area contributed by atoms with Crippen LogP contribution in [0.3, 0.4) is 0 Å². The largest absolute Gasteiger partial charge is 0.312 e. The van der Waals surface area contributed by atoms with Crippen LogP contribution in [0, 0.1) is 5.92 Å². The van der Waals surface area contributed by atoms with Crippen molar-refractivity contribution in [3.05, 3.63) is 35.4 Å². The standard InChI is InChI=1S/C18H32N2/c1-6-8-16-9-11-17(12-10-16)18(19-4)14-20(5)13-15(3)7-2/h9-12,15,18-19H,6-8,13-14H2,1-5H3. The van der Waals surface area contributed by atoms with Crippen molar-refractivity contribution >= 4 is 0 Å². The van der Waals surface area contributed by atoms with Crippen LogP contribution in [0.1, 0.15) is 50.8 Å². The van der Waals surface area contributed by atoms with E-state index in [1.807, 2.05) is 0 Å². The van der Waals surface area contributed by atoms with Gasteiger partial charge in [0.15, 0.2) is 0 Å². The van der Waals surface area contributed by atoms with Crippen LogP contribution >= 0.6 is 0 Å². The Morgan fingerprint density at radius 1 is 1.10 bits per heavy atom. The Kier molecular flexibility index (Phi) is 7.86. The fraction of sp³-hybridized carbons (Fsp3) is 0.667. The van der Waals surface area contributed by atoms with Gasteiger partial charge in [0.25, 0.3) is 0 Å². The number of hydrogen-bond acceptors (Lipinski definition) is 2. The van der Waals surface area contributed by atoms with Gasteiger partial charge in [-0.25, -0.2) is 0 Å². The number of likely N-dealkylation sites (N-methyl/N-ethyl adjacent to an activating group) is 2. The first-order chi connectivity index (χ1) is 9.60. The lowest BCUT2D eigenvalue weighted by molar-refractivity contribution is 0.256. The topological polar surface area (TPSA) is 15.3 Å². The second kappa shape index (κ2) is 9.15. The fourth-order valence-corrected chi connectivity index (χ4v) is 2.62. The Balaban J connectivity index is 2.60. The highest BCUT2D eigenvalue weighted by Gasteiger charge is 2.13. The summed E-state index contributed by atoms with van der Waals surface area (Å²) >= 11 is 0. The number of aryl methyl sites for hydroxylation is 1. The van der Waals surface area contributed by atoms with Gasteiger partial charge in [-0.05, 0) is 37.6 Å². The number of benzene rings is 1. The summed E-state index contributed by atoms with van der Waals surface area (Å²) in [6, 6.07) is 9.53. The first kappa shape index (κ1) is 17.2. The van der Waals surface area contributed by atoms with Gasteiger partial charge >= 0.3 is 0 Å². The molecule has 0 aromatic heterocycles. The zero-order valence-corrected chi connectivity index (χ0v) is 13.9. The normalized spacial score (nSPS) is 14.5. The molecule has 1 N–H and O–H groups in total. The molecule has 2 unspecified atom stereocenters. The minimum Gasteiger partial charge on any atom is -0.312 e. The van der Waals surface area contributed by atoms with Crippen molar-refractivity contribution < 1.29 is 0 Å². The average molecular weight is 276 g/mol. The molecular weight excluding hydrogens is 244 g/mol. The summed E-state index contributed by atoms with van der Waals surface area (Å²) in [5, 5.41) is 3.45.